The van der Waals surface area contributed by atoms with Crippen LogP contribution in [0, 0.1) is 5.92 Å². The van der Waals surface area contributed by atoms with E-state index in [2.05, 4.69) is 33.0 Å². The summed E-state index contributed by atoms with van der Waals surface area (Å²) in [5.74, 6) is -0.143. The molecule has 2 aliphatic heterocycles. The summed E-state index contributed by atoms with van der Waals surface area (Å²) in [7, 11) is 0. The van der Waals surface area contributed by atoms with Gasteiger partial charge in [-0.1, -0.05) is 24.3 Å². The Morgan fingerprint density at radius 2 is 1.90 bits per heavy atom. The van der Waals surface area contributed by atoms with E-state index in [-0.39, 0.29) is 23.9 Å². The van der Waals surface area contributed by atoms with Gasteiger partial charge in [-0.3, -0.25) is 9.69 Å². The average Bonchev–Trinajstić information content (AvgIpc) is 3.35. The molecule has 0 bridgehead atoms. The number of ether oxygens (including phenoxy) is 1. The van der Waals surface area contributed by atoms with Gasteiger partial charge >= 0.3 is 6.03 Å². The molecule has 31 heavy (non-hydrogen) atoms. The van der Waals surface area contributed by atoms with Gasteiger partial charge in [0.1, 0.15) is 0 Å². The largest absolute Gasteiger partial charge is 0.379 e. The summed E-state index contributed by atoms with van der Waals surface area (Å²) in [6, 6.07) is 13.6. The molecule has 1 aromatic carbocycles. The van der Waals surface area contributed by atoms with Crippen molar-refractivity contribution in [3.05, 3.63) is 52.7 Å². The summed E-state index contributed by atoms with van der Waals surface area (Å²) >= 11 is 1.72. The fourth-order valence-electron chi connectivity index (χ4n) is 4.22. The zero-order chi connectivity index (χ0) is 21.5. The lowest BCUT2D eigenvalue weighted by Crippen LogP contribution is -2.48. The third kappa shape index (κ3) is 5.84. The van der Waals surface area contributed by atoms with Crippen LogP contribution in [0.15, 0.2) is 47.8 Å². The molecule has 2 saturated heterocycles. The normalized spacial score (nSPS) is 20.8. The first kappa shape index (κ1) is 21.8. The SMILES string of the molecule is O=C(NCC(c1cccs1)N1CCOCC1)C1CCCN(C(=O)Nc2ccccc2)C1. The van der Waals surface area contributed by atoms with Gasteiger partial charge in [0.25, 0.3) is 0 Å². The summed E-state index contributed by atoms with van der Waals surface area (Å²) in [6.07, 6.45) is 1.64. The van der Waals surface area contributed by atoms with Gasteiger partial charge in [0.2, 0.25) is 5.91 Å². The van der Waals surface area contributed by atoms with Crippen molar-refractivity contribution in [3.8, 4) is 0 Å². The van der Waals surface area contributed by atoms with Gasteiger partial charge in [-0.05, 0) is 36.4 Å². The number of piperidine rings is 1. The molecule has 3 amide bonds. The molecule has 2 N–H and O–H groups in total. The molecule has 2 aliphatic rings. The van der Waals surface area contributed by atoms with Crippen molar-refractivity contribution in [3.63, 3.8) is 0 Å². The predicted octanol–water partition coefficient (Wildman–Crippen LogP) is 3.18. The molecule has 0 spiro atoms. The van der Waals surface area contributed by atoms with Gasteiger partial charge in [0.15, 0.2) is 0 Å². The second-order valence-electron chi connectivity index (χ2n) is 8.01. The molecule has 1 aromatic heterocycles. The quantitative estimate of drug-likeness (QED) is 0.721. The fourth-order valence-corrected chi connectivity index (χ4v) is 5.08. The number of hydrogen-bond acceptors (Lipinski definition) is 5. The molecule has 166 valence electrons. The smallest absolute Gasteiger partial charge is 0.321 e. The Labute approximate surface area is 187 Å². The number of morpholine rings is 1. The second-order valence-corrected chi connectivity index (χ2v) is 8.99. The third-order valence-corrected chi connectivity index (χ3v) is 6.91. The number of urea groups is 1. The molecule has 2 fully saturated rings. The van der Waals surface area contributed by atoms with Crippen LogP contribution in [-0.4, -0.2) is 67.7 Å². The molecule has 3 heterocycles. The number of carbonyl (C=O) groups is 2. The van der Waals surface area contributed by atoms with Crippen molar-refractivity contribution >= 4 is 29.0 Å². The molecule has 2 unspecified atom stereocenters. The van der Waals surface area contributed by atoms with Crippen LogP contribution >= 0.6 is 11.3 Å². The molecule has 0 radical (unpaired) electrons. The van der Waals surface area contributed by atoms with E-state index >= 15 is 0 Å². The van der Waals surface area contributed by atoms with E-state index in [1.807, 2.05) is 30.3 Å². The number of rotatable bonds is 6. The lowest BCUT2D eigenvalue weighted by molar-refractivity contribution is -0.126. The Balaban J connectivity index is 1.32. The number of likely N-dealkylation sites (tertiary alicyclic amines) is 1. The summed E-state index contributed by atoms with van der Waals surface area (Å²) in [4.78, 5) is 31.0. The number of para-hydroxylation sites is 1. The molecule has 7 nitrogen and oxygen atoms in total. The standard InChI is InChI=1S/C23H30N4O3S/c28-22(24-16-20(21-9-5-15-31-21)26-11-13-30-14-12-26)18-6-4-10-27(17-18)23(29)25-19-7-2-1-3-8-19/h1-3,5,7-9,15,18,20H,4,6,10-14,16-17H2,(H,24,28)(H,25,29). The van der Waals surface area contributed by atoms with Crippen molar-refractivity contribution in [2.45, 2.75) is 18.9 Å². The maximum absolute atomic E-state index is 13.0. The van der Waals surface area contributed by atoms with Crippen LogP contribution in [0.5, 0.6) is 0 Å². The minimum absolute atomic E-state index is 0.0343. The van der Waals surface area contributed by atoms with Crippen LogP contribution in [0.25, 0.3) is 0 Å². The van der Waals surface area contributed by atoms with E-state index in [1.54, 1.807) is 16.2 Å². The van der Waals surface area contributed by atoms with E-state index in [0.29, 0.717) is 19.6 Å². The van der Waals surface area contributed by atoms with Crippen LogP contribution in [0.1, 0.15) is 23.8 Å². The van der Waals surface area contributed by atoms with Gasteiger partial charge in [-0.15, -0.1) is 11.3 Å². The summed E-state index contributed by atoms with van der Waals surface area (Å²) in [6.45, 7) is 4.89. The average molecular weight is 443 g/mol. The number of thiophene rings is 1. The molecular formula is C23H30N4O3S. The van der Waals surface area contributed by atoms with Gasteiger partial charge in [0.05, 0.1) is 25.2 Å². The van der Waals surface area contributed by atoms with Crippen LogP contribution < -0.4 is 10.6 Å². The number of carbonyl (C=O) groups excluding carboxylic acids is 2. The first-order valence-electron chi connectivity index (χ1n) is 10.9. The number of nitrogens with zero attached hydrogens (tertiary/aromatic N) is 2. The highest BCUT2D eigenvalue weighted by Crippen LogP contribution is 2.26. The Bertz CT molecular complexity index is 840. The molecular weight excluding hydrogens is 412 g/mol. The van der Waals surface area contributed by atoms with E-state index in [1.165, 1.54) is 4.88 Å². The highest BCUT2D eigenvalue weighted by atomic mass is 32.1. The van der Waals surface area contributed by atoms with Gasteiger partial charge < -0.3 is 20.3 Å². The van der Waals surface area contributed by atoms with Crippen molar-refractivity contribution in [2.24, 2.45) is 5.92 Å². The summed E-state index contributed by atoms with van der Waals surface area (Å²) < 4.78 is 5.50. The van der Waals surface area contributed by atoms with E-state index in [0.717, 1.165) is 44.8 Å². The van der Waals surface area contributed by atoms with Crippen LogP contribution in [0.3, 0.4) is 0 Å². The fraction of sp³-hybridized carbons (Fsp3) is 0.478. The summed E-state index contributed by atoms with van der Waals surface area (Å²) in [5.41, 5.74) is 0.767. The Kier molecular flexibility index (Phi) is 7.56. The molecule has 2 aromatic rings. The Morgan fingerprint density at radius 1 is 1.10 bits per heavy atom. The van der Waals surface area contributed by atoms with Crippen molar-refractivity contribution in [2.75, 3.05) is 51.3 Å². The minimum Gasteiger partial charge on any atom is -0.379 e. The minimum atomic E-state index is -0.177. The van der Waals surface area contributed by atoms with Gasteiger partial charge in [0, 0.05) is 43.3 Å². The number of amides is 3. The third-order valence-electron chi connectivity index (χ3n) is 5.93. The topological polar surface area (TPSA) is 73.9 Å². The highest BCUT2D eigenvalue weighted by Gasteiger charge is 2.30. The van der Waals surface area contributed by atoms with E-state index in [9.17, 15) is 9.59 Å². The van der Waals surface area contributed by atoms with Gasteiger partial charge in [-0.25, -0.2) is 4.79 Å². The molecule has 2 atom stereocenters. The van der Waals surface area contributed by atoms with Gasteiger partial charge in [-0.2, -0.15) is 0 Å². The first-order valence-corrected chi connectivity index (χ1v) is 11.8. The maximum atomic E-state index is 13.0. The molecule has 0 aliphatic carbocycles. The molecule has 0 saturated carbocycles. The van der Waals surface area contributed by atoms with E-state index < -0.39 is 0 Å². The number of benzene rings is 1. The van der Waals surface area contributed by atoms with Crippen molar-refractivity contribution < 1.29 is 14.3 Å². The van der Waals surface area contributed by atoms with Crippen molar-refractivity contribution in [1.82, 2.24) is 15.1 Å². The Hall–Kier alpha value is -2.42. The van der Waals surface area contributed by atoms with Crippen LogP contribution in [-0.2, 0) is 9.53 Å². The molecule has 4 rings (SSSR count). The predicted molar refractivity (Wildman–Crippen MR) is 122 cm³/mol. The lowest BCUT2D eigenvalue weighted by atomic mass is 9.97. The van der Waals surface area contributed by atoms with Crippen LogP contribution in [0.2, 0.25) is 0 Å². The lowest BCUT2D eigenvalue weighted by Gasteiger charge is -2.35. The molecule has 8 heteroatoms. The Morgan fingerprint density at radius 3 is 2.65 bits per heavy atom. The zero-order valence-electron chi connectivity index (χ0n) is 17.7. The second kappa shape index (κ2) is 10.7. The number of anilines is 1. The van der Waals surface area contributed by atoms with Crippen LogP contribution in [0.4, 0.5) is 10.5 Å². The number of hydrogen-bond donors (Lipinski definition) is 2. The number of nitrogens with one attached hydrogen (secondary N) is 2. The monoisotopic (exact) mass is 442 g/mol. The maximum Gasteiger partial charge on any atom is 0.321 e. The van der Waals surface area contributed by atoms with E-state index in [4.69, 9.17) is 4.74 Å². The first-order chi connectivity index (χ1) is 15.2. The highest BCUT2D eigenvalue weighted by molar-refractivity contribution is 7.10. The summed E-state index contributed by atoms with van der Waals surface area (Å²) in [5, 5.41) is 8.17. The zero-order valence-corrected chi connectivity index (χ0v) is 18.5. The van der Waals surface area contributed by atoms with Crippen molar-refractivity contribution in [1.29, 1.82) is 0 Å².